The fraction of sp³-hybridized carbons (Fsp3) is 0.303. The van der Waals surface area contributed by atoms with Crippen LogP contribution in [0.15, 0.2) is 60.9 Å². The Bertz CT molecular complexity index is 1760. The van der Waals surface area contributed by atoms with E-state index in [1.807, 2.05) is 0 Å². The molecule has 1 fully saturated rings. The zero-order valence-corrected chi connectivity index (χ0v) is 24.6. The highest BCUT2D eigenvalue weighted by Gasteiger charge is 2.45. The van der Waals surface area contributed by atoms with Gasteiger partial charge in [-0.2, -0.15) is 0 Å². The molecule has 3 heterocycles. The molecule has 0 saturated heterocycles. The maximum atomic E-state index is 13.7. The van der Waals surface area contributed by atoms with Gasteiger partial charge >= 0.3 is 0 Å². The van der Waals surface area contributed by atoms with Crippen molar-refractivity contribution in [1.82, 2.24) is 20.3 Å². The number of nitrogens with two attached hydrogens (primary N) is 1. The Morgan fingerprint density at radius 1 is 1.14 bits per heavy atom. The molecule has 1 aliphatic carbocycles. The van der Waals surface area contributed by atoms with Crippen LogP contribution in [0.4, 0.5) is 4.39 Å². The Morgan fingerprint density at radius 2 is 1.84 bits per heavy atom. The first kappa shape index (κ1) is 29.2. The Morgan fingerprint density at radius 3 is 2.50 bits per heavy atom. The van der Waals surface area contributed by atoms with Crippen molar-refractivity contribution in [3.63, 3.8) is 0 Å². The number of fused-ring (bicyclic) bond motifs is 1. The summed E-state index contributed by atoms with van der Waals surface area (Å²) in [6.45, 7) is 4.74. The average molecular weight is 598 g/mol. The second-order valence-corrected chi connectivity index (χ2v) is 11.7. The fourth-order valence-corrected chi connectivity index (χ4v) is 5.01. The predicted molar refractivity (Wildman–Crippen MR) is 159 cm³/mol. The summed E-state index contributed by atoms with van der Waals surface area (Å²) in [5.41, 5.74) is 6.13. The standard InChI is InChI=1S/C33H32FN5O5/c1-18-36-14-21(15-37-18)24-12-20(6-11-26(24)44-23-9-10-23)30(40)38-16-33(3,42)27-13-25-29(43-17-32(25,2)31(35)41)28(39-27)19-4-7-22(34)8-5-19/h4-8,11-15,23,42H,9-10,16-17H2,1-3H3,(H2,35,41)(H,38,40)/t32-,33-/m0/s1. The maximum Gasteiger partial charge on any atom is 0.251 e. The summed E-state index contributed by atoms with van der Waals surface area (Å²) in [4.78, 5) is 39.1. The number of primary amides is 1. The molecule has 1 aliphatic heterocycles. The van der Waals surface area contributed by atoms with Gasteiger partial charge in [0.1, 0.15) is 46.5 Å². The van der Waals surface area contributed by atoms with Gasteiger partial charge < -0.3 is 25.6 Å². The molecule has 0 radical (unpaired) electrons. The average Bonchev–Trinajstić information content (AvgIpc) is 3.76. The zero-order chi connectivity index (χ0) is 31.2. The summed E-state index contributed by atoms with van der Waals surface area (Å²) in [5.74, 6) is 0.142. The molecular weight excluding hydrogens is 565 g/mol. The highest BCUT2D eigenvalue weighted by atomic mass is 19.1. The molecule has 1 saturated carbocycles. The van der Waals surface area contributed by atoms with Crippen LogP contribution in [0.3, 0.4) is 0 Å². The number of halogens is 1. The van der Waals surface area contributed by atoms with E-state index in [9.17, 15) is 19.1 Å². The summed E-state index contributed by atoms with van der Waals surface area (Å²) < 4.78 is 25.7. The molecule has 2 aromatic heterocycles. The van der Waals surface area contributed by atoms with E-state index in [4.69, 9.17) is 15.2 Å². The van der Waals surface area contributed by atoms with E-state index < -0.39 is 28.6 Å². The van der Waals surface area contributed by atoms with Crippen LogP contribution in [0.2, 0.25) is 0 Å². The monoisotopic (exact) mass is 597 g/mol. The van der Waals surface area contributed by atoms with E-state index >= 15 is 0 Å². The third-order valence-electron chi connectivity index (χ3n) is 8.03. The van der Waals surface area contributed by atoms with E-state index in [-0.39, 0.29) is 24.9 Å². The molecule has 4 N–H and O–H groups in total. The van der Waals surface area contributed by atoms with E-state index in [2.05, 4.69) is 20.3 Å². The number of benzene rings is 2. The van der Waals surface area contributed by atoms with Gasteiger partial charge in [0.05, 0.1) is 18.3 Å². The largest absolute Gasteiger partial charge is 0.490 e. The zero-order valence-electron chi connectivity index (χ0n) is 24.6. The van der Waals surface area contributed by atoms with Crippen LogP contribution < -0.4 is 20.5 Å². The van der Waals surface area contributed by atoms with Gasteiger partial charge in [-0.25, -0.2) is 19.3 Å². The van der Waals surface area contributed by atoms with Crippen molar-refractivity contribution < 1.29 is 28.6 Å². The number of carbonyl (C=O) groups is 2. The molecule has 226 valence electrons. The third kappa shape index (κ3) is 5.58. The Labute approximate surface area is 253 Å². The van der Waals surface area contributed by atoms with Crippen LogP contribution in [0.5, 0.6) is 11.5 Å². The number of hydrogen-bond donors (Lipinski definition) is 3. The maximum absolute atomic E-state index is 13.7. The minimum atomic E-state index is -1.68. The van der Waals surface area contributed by atoms with Crippen molar-refractivity contribution >= 4 is 11.8 Å². The minimum Gasteiger partial charge on any atom is -0.490 e. The molecular formula is C33H32FN5O5. The quantitative estimate of drug-likeness (QED) is 0.262. The number of ether oxygens (including phenoxy) is 2. The first-order valence-corrected chi connectivity index (χ1v) is 14.3. The van der Waals surface area contributed by atoms with E-state index in [0.29, 0.717) is 50.8 Å². The van der Waals surface area contributed by atoms with Crippen molar-refractivity contribution in [2.24, 2.45) is 5.73 Å². The third-order valence-corrected chi connectivity index (χ3v) is 8.03. The van der Waals surface area contributed by atoms with Gasteiger partial charge in [0, 0.05) is 40.2 Å². The van der Waals surface area contributed by atoms with Gasteiger partial charge in [0.25, 0.3) is 5.91 Å². The summed E-state index contributed by atoms with van der Waals surface area (Å²) in [5, 5.41) is 14.4. The van der Waals surface area contributed by atoms with Gasteiger partial charge in [-0.1, -0.05) is 0 Å². The number of nitrogens with zero attached hydrogens (tertiary/aromatic N) is 3. The van der Waals surface area contributed by atoms with Crippen LogP contribution in [0.25, 0.3) is 22.4 Å². The van der Waals surface area contributed by atoms with E-state index in [1.165, 1.54) is 31.2 Å². The number of aliphatic hydroxyl groups is 1. The molecule has 2 atom stereocenters. The second-order valence-electron chi connectivity index (χ2n) is 11.7. The smallest absolute Gasteiger partial charge is 0.251 e. The summed E-state index contributed by atoms with van der Waals surface area (Å²) in [7, 11) is 0. The normalized spacial score (nSPS) is 18.6. The highest BCUT2D eigenvalue weighted by Crippen LogP contribution is 2.45. The van der Waals surface area contributed by atoms with Crippen molar-refractivity contribution in [2.75, 3.05) is 13.2 Å². The number of hydrogen-bond acceptors (Lipinski definition) is 8. The van der Waals surface area contributed by atoms with Crippen LogP contribution >= 0.6 is 0 Å². The second kappa shape index (κ2) is 11.0. The van der Waals surface area contributed by atoms with Crippen molar-refractivity contribution in [1.29, 1.82) is 0 Å². The van der Waals surface area contributed by atoms with Crippen LogP contribution in [0, 0.1) is 12.7 Å². The van der Waals surface area contributed by atoms with Gasteiger partial charge in [-0.15, -0.1) is 0 Å². The van der Waals surface area contributed by atoms with Gasteiger partial charge in [-0.05, 0) is 82.1 Å². The van der Waals surface area contributed by atoms with Crippen molar-refractivity contribution in [3.05, 3.63) is 89.4 Å². The molecule has 6 rings (SSSR count). The minimum absolute atomic E-state index is 0.00924. The SMILES string of the molecule is Cc1ncc(-c2cc(C(=O)NC[C@](C)(O)c3cc4c(c(-c5ccc(F)cc5)n3)OC[C@]4(C)C(N)=O)ccc2OC2CC2)cn1. The molecule has 44 heavy (non-hydrogen) atoms. The summed E-state index contributed by atoms with van der Waals surface area (Å²) in [6, 6.07) is 12.4. The van der Waals surface area contributed by atoms with Gasteiger partial charge in [0.15, 0.2) is 0 Å². The predicted octanol–water partition coefficient (Wildman–Crippen LogP) is 3.97. The van der Waals surface area contributed by atoms with Gasteiger partial charge in [-0.3, -0.25) is 9.59 Å². The first-order chi connectivity index (χ1) is 20.9. The summed E-state index contributed by atoms with van der Waals surface area (Å²) in [6.07, 6.45) is 5.48. The van der Waals surface area contributed by atoms with E-state index in [0.717, 1.165) is 12.8 Å². The molecule has 11 heteroatoms. The molecule has 2 amide bonds. The van der Waals surface area contributed by atoms with E-state index in [1.54, 1.807) is 50.5 Å². The lowest BCUT2D eigenvalue weighted by Crippen LogP contribution is -2.41. The molecule has 0 unspecified atom stereocenters. The Kier molecular flexibility index (Phi) is 7.28. The van der Waals surface area contributed by atoms with Crippen LogP contribution in [-0.2, 0) is 15.8 Å². The molecule has 2 aromatic carbocycles. The molecule has 0 spiro atoms. The molecule has 4 aromatic rings. The molecule has 10 nitrogen and oxygen atoms in total. The number of amides is 2. The highest BCUT2D eigenvalue weighted by molar-refractivity contribution is 5.96. The number of aromatic nitrogens is 3. The van der Waals surface area contributed by atoms with Gasteiger partial charge in [0.2, 0.25) is 5.91 Å². The summed E-state index contributed by atoms with van der Waals surface area (Å²) >= 11 is 0. The lowest BCUT2D eigenvalue weighted by molar-refractivity contribution is -0.123. The number of aryl methyl sites for hydroxylation is 1. The number of rotatable bonds is 9. The number of nitrogens with one attached hydrogen (secondary N) is 1. The fourth-order valence-electron chi connectivity index (χ4n) is 5.01. The number of pyridine rings is 1. The molecule has 0 bridgehead atoms. The van der Waals surface area contributed by atoms with Crippen molar-refractivity contribution in [3.8, 4) is 33.9 Å². The first-order valence-electron chi connectivity index (χ1n) is 14.3. The molecule has 2 aliphatic rings. The Hall–Kier alpha value is -4.90. The number of carbonyl (C=O) groups excluding carboxylic acids is 2. The Balaban J connectivity index is 1.30. The van der Waals surface area contributed by atoms with Crippen LogP contribution in [0.1, 0.15) is 54.1 Å². The van der Waals surface area contributed by atoms with Crippen LogP contribution in [-0.4, -0.2) is 51.1 Å². The lowest BCUT2D eigenvalue weighted by atomic mass is 9.82. The lowest BCUT2D eigenvalue weighted by Gasteiger charge is -2.26. The van der Waals surface area contributed by atoms with Crippen molar-refractivity contribution in [2.45, 2.75) is 50.7 Å². The topological polar surface area (TPSA) is 150 Å².